The van der Waals surface area contributed by atoms with Crippen LogP contribution in [-0.2, 0) is 4.79 Å². The maximum atomic E-state index is 11.7. The lowest BCUT2D eigenvalue weighted by molar-refractivity contribution is -0.120. The third kappa shape index (κ3) is 1.65. The second kappa shape index (κ2) is 4.02. The highest BCUT2D eigenvalue weighted by Gasteiger charge is 2.65. The van der Waals surface area contributed by atoms with Crippen LogP contribution in [-0.4, -0.2) is 25.0 Å². The van der Waals surface area contributed by atoms with E-state index in [-0.39, 0.29) is 5.91 Å². The van der Waals surface area contributed by atoms with Crippen LogP contribution in [0, 0.1) is 23.7 Å². The van der Waals surface area contributed by atoms with Crippen molar-refractivity contribution in [2.45, 2.75) is 38.6 Å². The standard InChI is InChI=1S/C13H22N2O/c1-2-5-14-7-10(16)15-13-11-8-3-4-9(6-8)12(11)13/h8-9,11-14H,2-7H2,1H3,(H,15,16). The predicted molar refractivity (Wildman–Crippen MR) is 62.9 cm³/mol. The summed E-state index contributed by atoms with van der Waals surface area (Å²) in [4.78, 5) is 11.7. The second-order valence-corrected chi connectivity index (χ2v) is 5.76. The van der Waals surface area contributed by atoms with Gasteiger partial charge < -0.3 is 10.6 Å². The Bertz CT molecular complexity index is 276. The second-order valence-electron chi connectivity index (χ2n) is 5.76. The van der Waals surface area contributed by atoms with Gasteiger partial charge in [0.05, 0.1) is 6.54 Å². The molecule has 0 aromatic heterocycles. The Morgan fingerprint density at radius 1 is 1.25 bits per heavy atom. The summed E-state index contributed by atoms with van der Waals surface area (Å²) >= 11 is 0. The number of fused-ring (bicyclic) bond motifs is 5. The normalized spacial score (nSPS) is 43.2. The van der Waals surface area contributed by atoms with Crippen molar-refractivity contribution < 1.29 is 4.79 Å². The monoisotopic (exact) mass is 222 g/mol. The van der Waals surface area contributed by atoms with Crippen LogP contribution in [0.3, 0.4) is 0 Å². The average Bonchev–Trinajstić information content (AvgIpc) is 2.70. The summed E-state index contributed by atoms with van der Waals surface area (Å²) in [5, 5.41) is 6.37. The van der Waals surface area contributed by atoms with Crippen LogP contribution < -0.4 is 10.6 Å². The molecule has 0 saturated heterocycles. The first kappa shape index (κ1) is 10.6. The SMILES string of the molecule is CCCNCC(=O)NC1C2C3CCC(C3)C12. The van der Waals surface area contributed by atoms with Gasteiger partial charge in [0.2, 0.25) is 5.91 Å². The molecule has 3 fully saturated rings. The van der Waals surface area contributed by atoms with Gasteiger partial charge in [-0.1, -0.05) is 6.92 Å². The van der Waals surface area contributed by atoms with Crippen molar-refractivity contribution in [1.82, 2.24) is 10.6 Å². The first-order valence-electron chi connectivity index (χ1n) is 6.81. The summed E-state index contributed by atoms with van der Waals surface area (Å²) in [5.74, 6) is 3.81. The van der Waals surface area contributed by atoms with Gasteiger partial charge in [0, 0.05) is 6.04 Å². The van der Waals surface area contributed by atoms with Gasteiger partial charge in [-0.2, -0.15) is 0 Å². The average molecular weight is 222 g/mol. The van der Waals surface area contributed by atoms with E-state index in [9.17, 15) is 4.79 Å². The molecule has 16 heavy (non-hydrogen) atoms. The topological polar surface area (TPSA) is 41.1 Å². The van der Waals surface area contributed by atoms with Crippen LogP contribution >= 0.6 is 0 Å². The van der Waals surface area contributed by atoms with E-state index in [4.69, 9.17) is 0 Å². The van der Waals surface area contributed by atoms with Gasteiger partial charge in [-0.15, -0.1) is 0 Å². The third-order valence-corrected chi connectivity index (χ3v) is 4.78. The van der Waals surface area contributed by atoms with E-state index in [1.807, 2.05) is 0 Å². The fraction of sp³-hybridized carbons (Fsp3) is 0.923. The van der Waals surface area contributed by atoms with Crippen molar-refractivity contribution in [2.24, 2.45) is 23.7 Å². The molecule has 2 N–H and O–H groups in total. The van der Waals surface area contributed by atoms with Crippen molar-refractivity contribution in [1.29, 1.82) is 0 Å². The van der Waals surface area contributed by atoms with Crippen LogP contribution in [0.5, 0.6) is 0 Å². The molecule has 3 saturated carbocycles. The summed E-state index contributed by atoms with van der Waals surface area (Å²) in [5.41, 5.74) is 0. The van der Waals surface area contributed by atoms with E-state index in [1.54, 1.807) is 0 Å². The zero-order valence-corrected chi connectivity index (χ0v) is 10.0. The molecule has 4 unspecified atom stereocenters. The van der Waals surface area contributed by atoms with Gasteiger partial charge in [0.25, 0.3) is 0 Å². The quantitative estimate of drug-likeness (QED) is 0.685. The summed E-state index contributed by atoms with van der Waals surface area (Å²) in [7, 11) is 0. The van der Waals surface area contributed by atoms with E-state index in [2.05, 4.69) is 17.6 Å². The Morgan fingerprint density at radius 3 is 2.56 bits per heavy atom. The minimum Gasteiger partial charge on any atom is -0.352 e. The van der Waals surface area contributed by atoms with Gasteiger partial charge in [-0.25, -0.2) is 0 Å². The van der Waals surface area contributed by atoms with Crippen LogP contribution in [0.2, 0.25) is 0 Å². The van der Waals surface area contributed by atoms with Crippen LogP contribution in [0.1, 0.15) is 32.6 Å². The lowest BCUT2D eigenvalue weighted by atomic mass is 10.0. The molecule has 3 heteroatoms. The predicted octanol–water partition coefficient (Wildman–Crippen LogP) is 1.15. The Hall–Kier alpha value is -0.570. The lowest BCUT2D eigenvalue weighted by Crippen LogP contribution is -2.37. The highest BCUT2D eigenvalue weighted by Crippen LogP contribution is 2.65. The molecule has 0 aliphatic heterocycles. The zero-order chi connectivity index (χ0) is 11.1. The molecule has 3 nitrogen and oxygen atoms in total. The number of carbonyl (C=O) groups is 1. The molecule has 3 aliphatic carbocycles. The number of hydrogen-bond acceptors (Lipinski definition) is 2. The number of carbonyl (C=O) groups excluding carboxylic acids is 1. The molecular weight excluding hydrogens is 200 g/mol. The van der Waals surface area contributed by atoms with Gasteiger partial charge in [0.1, 0.15) is 0 Å². The van der Waals surface area contributed by atoms with Crippen LogP contribution in [0.15, 0.2) is 0 Å². The molecule has 3 aliphatic rings. The van der Waals surface area contributed by atoms with Crippen molar-refractivity contribution in [3.05, 3.63) is 0 Å². The molecular formula is C13H22N2O. The first-order valence-corrected chi connectivity index (χ1v) is 6.81. The summed E-state index contributed by atoms with van der Waals surface area (Å²) in [6.07, 6.45) is 5.39. The zero-order valence-electron chi connectivity index (χ0n) is 10.0. The maximum absolute atomic E-state index is 11.7. The van der Waals surface area contributed by atoms with E-state index >= 15 is 0 Å². The molecule has 0 heterocycles. The minimum absolute atomic E-state index is 0.201. The minimum atomic E-state index is 0.201. The Balaban J connectivity index is 1.43. The van der Waals surface area contributed by atoms with E-state index in [1.165, 1.54) is 19.3 Å². The Kier molecular flexibility index (Phi) is 2.66. The highest BCUT2D eigenvalue weighted by atomic mass is 16.2. The molecule has 0 radical (unpaired) electrons. The largest absolute Gasteiger partial charge is 0.352 e. The number of nitrogens with one attached hydrogen (secondary N) is 2. The maximum Gasteiger partial charge on any atom is 0.234 e. The smallest absolute Gasteiger partial charge is 0.234 e. The molecule has 90 valence electrons. The molecule has 1 amide bonds. The first-order chi connectivity index (χ1) is 7.81. The molecule has 0 spiro atoms. The van der Waals surface area contributed by atoms with Gasteiger partial charge in [-0.3, -0.25) is 4.79 Å². The molecule has 2 bridgehead atoms. The molecule has 0 aromatic rings. The van der Waals surface area contributed by atoms with E-state index in [0.29, 0.717) is 12.6 Å². The number of hydrogen-bond donors (Lipinski definition) is 2. The van der Waals surface area contributed by atoms with Gasteiger partial charge >= 0.3 is 0 Å². The summed E-state index contributed by atoms with van der Waals surface area (Å²) in [6, 6.07) is 0.544. The molecule has 4 atom stereocenters. The van der Waals surface area contributed by atoms with Crippen molar-refractivity contribution in [3.63, 3.8) is 0 Å². The van der Waals surface area contributed by atoms with Crippen LogP contribution in [0.25, 0.3) is 0 Å². The fourth-order valence-electron chi connectivity index (χ4n) is 4.13. The van der Waals surface area contributed by atoms with E-state index in [0.717, 1.165) is 36.6 Å². The number of amides is 1. The van der Waals surface area contributed by atoms with Crippen molar-refractivity contribution in [3.8, 4) is 0 Å². The lowest BCUT2D eigenvalue weighted by Gasteiger charge is -2.10. The van der Waals surface area contributed by atoms with E-state index < -0.39 is 0 Å². The summed E-state index contributed by atoms with van der Waals surface area (Å²) in [6.45, 7) is 3.56. The Labute approximate surface area is 97.4 Å². The fourth-order valence-corrected chi connectivity index (χ4v) is 4.13. The van der Waals surface area contributed by atoms with Gasteiger partial charge in [0.15, 0.2) is 0 Å². The third-order valence-electron chi connectivity index (χ3n) is 4.78. The molecule has 0 aromatic carbocycles. The van der Waals surface area contributed by atoms with Crippen molar-refractivity contribution >= 4 is 5.91 Å². The van der Waals surface area contributed by atoms with Crippen molar-refractivity contribution in [2.75, 3.05) is 13.1 Å². The molecule has 3 rings (SSSR count). The Morgan fingerprint density at radius 2 is 1.94 bits per heavy atom. The highest BCUT2D eigenvalue weighted by molar-refractivity contribution is 5.78. The summed E-state index contributed by atoms with van der Waals surface area (Å²) < 4.78 is 0. The van der Waals surface area contributed by atoms with Crippen LogP contribution in [0.4, 0.5) is 0 Å². The van der Waals surface area contributed by atoms with Gasteiger partial charge in [-0.05, 0) is 55.9 Å². The number of rotatable bonds is 5.